The molecule has 1 atom stereocenters. The smallest absolute Gasteiger partial charge is 0.101 e. The third kappa shape index (κ3) is 4.90. The highest BCUT2D eigenvalue weighted by Gasteiger charge is 2.10. The molecule has 19 heavy (non-hydrogen) atoms. The summed E-state index contributed by atoms with van der Waals surface area (Å²) in [5.74, 6) is 0. The lowest BCUT2D eigenvalue weighted by Crippen LogP contribution is -2.27. The first kappa shape index (κ1) is 15.5. The molecular formula is C15H23N3O. The van der Waals surface area contributed by atoms with E-state index in [4.69, 9.17) is 0 Å². The third-order valence-electron chi connectivity index (χ3n) is 2.89. The monoisotopic (exact) mass is 261 g/mol. The number of nitrogens with one attached hydrogen (secondary N) is 1. The first-order chi connectivity index (χ1) is 9.08. The van der Waals surface area contributed by atoms with E-state index in [0.717, 1.165) is 30.8 Å². The van der Waals surface area contributed by atoms with Crippen molar-refractivity contribution in [3.8, 4) is 6.07 Å². The predicted octanol–water partition coefficient (Wildman–Crippen LogP) is 1.87. The first-order valence-corrected chi connectivity index (χ1v) is 6.71. The highest BCUT2D eigenvalue weighted by atomic mass is 16.3. The number of benzene rings is 1. The Labute approximate surface area is 115 Å². The molecule has 4 heteroatoms. The number of aliphatic hydroxyl groups excluding tert-OH is 1. The van der Waals surface area contributed by atoms with Crippen LogP contribution in [0.2, 0.25) is 0 Å². The van der Waals surface area contributed by atoms with Gasteiger partial charge in [-0.05, 0) is 37.6 Å². The largest absolute Gasteiger partial charge is 0.392 e. The lowest BCUT2D eigenvalue weighted by atomic mass is 10.1. The van der Waals surface area contributed by atoms with Crippen molar-refractivity contribution in [2.24, 2.45) is 0 Å². The molecule has 1 aromatic rings. The van der Waals surface area contributed by atoms with Gasteiger partial charge in [0.25, 0.3) is 0 Å². The van der Waals surface area contributed by atoms with Crippen LogP contribution >= 0.6 is 0 Å². The normalized spacial score (nSPS) is 11.9. The van der Waals surface area contributed by atoms with Gasteiger partial charge in [0.05, 0.1) is 17.4 Å². The van der Waals surface area contributed by atoms with Crippen molar-refractivity contribution in [1.82, 2.24) is 5.32 Å². The average Bonchev–Trinajstić information content (AvgIpc) is 2.38. The second-order valence-corrected chi connectivity index (χ2v) is 4.87. The Morgan fingerprint density at radius 1 is 1.47 bits per heavy atom. The number of anilines is 1. The highest BCUT2D eigenvalue weighted by Crippen LogP contribution is 2.20. The number of hydrogen-bond acceptors (Lipinski definition) is 4. The Morgan fingerprint density at radius 2 is 2.21 bits per heavy atom. The van der Waals surface area contributed by atoms with Gasteiger partial charge >= 0.3 is 0 Å². The van der Waals surface area contributed by atoms with Crippen LogP contribution < -0.4 is 10.2 Å². The molecule has 2 N–H and O–H groups in total. The molecule has 0 aliphatic rings. The molecular weight excluding hydrogens is 238 g/mol. The lowest BCUT2D eigenvalue weighted by molar-refractivity contribution is 0.201. The van der Waals surface area contributed by atoms with Gasteiger partial charge < -0.3 is 15.3 Å². The Hall–Kier alpha value is -1.57. The van der Waals surface area contributed by atoms with Crippen LogP contribution in [0.15, 0.2) is 18.2 Å². The van der Waals surface area contributed by atoms with E-state index in [-0.39, 0.29) is 0 Å². The van der Waals surface area contributed by atoms with Gasteiger partial charge in [0.2, 0.25) is 0 Å². The van der Waals surface area contributed by atoms with Gasteiger partial charge in [-0.25, -0.2) is 0 Å². The number of aliphatic hydroxyl groups is 1. The van der Waals surface area contributed by atoms with Crippen LogP contribution in [0, 0.1) is 11.3 Å². The zero-order valence-electron chi connectivity index (χ0n) is 12.0. The summed E-state index contributed by atoms with van der Waals surface area (Å²) in [4.78, 5) is 1.91. The summed E-state index contributed by atoms with van der Waals surface area (Å²) in [5.41, 5.74) is 2.63. The molecule has 0 radical (unpaired) electrons. The van der Waals surface area contributed by atoms with Gasteiger partial charge in [-0.15, -0.1) is 0 Å². The highest BCUT2D eigenvalue weighted by molar-refractivity contribution is 5.60. The van der Waals surface area contributed by atoms with Crippen LogP contribution in [0.3, 0.4) is 0 Å². The van der Waals surface area contributed by atoms with Gasteiger partial charge in [0.1, 0.15) is 6.07 Å². The Bertz CT molecular complexity index is 438. The van der Waals surface area contributed by atoms with Gasteiger partial charge in [-0.1, -0.05) is 13.0 Å². The van der Waals surface area contributed by atoms with Crippen LogP contribution in [-0.4, -0.2) is 31.3 Å². The van der Waals surface area contributed by atoms with Crippen molar-refractivity contribution in [3.63, 3.8) is 0 Å². The third-order valence-corrected chi connectivity index (χ3v) is 2.89. The molecule has 0 heterocycles. The predicted molar refractivity (Wildman–Crippen MR) is 78.1 cm³/mol. The molecule has 1 aromatic carbocycles. The molecule has 0 aliphatic carbocycles. The molecule has 0 aromatic heterocycles. The van der Waals surface area contributed by atoms with Gasteiger partial charge in [0.15, 0.2) is 0 Å². The molecule has 1 rings (SSSR count). The van der Waals surface area contributed by atoms with Gasteiger partial charge in [0, 0.05) is 20.1 Å². The van der Waals surface area contributed by atoms with E-state index in [9.17, 15) is 10.4 Å². The van der Waals surface area contributed by atoms with E-state index in [1.54, 1.807) is 6.92 Å². The lowest BCUT2D eigenvalue weighted by Gasteiger charge is -2.22. The maximum absolute atomic E-state index is 9.41. The van der Waals surface area contributed by atoms with Crippen LogP contribution in [0.4, 0.5) is 5.69 Å². The summed E-state index contributed by atoms with van der Waals surface area (Å²) in [7, 11) is 1.89. The van der Waals surface area contributed by atoms with Crippen molar-refractivity contribution < 1.29 is 5.11 Å². The van der Waals surface area contributed by atoms with E-state index in [1.807, 2.05) is 30.1 Å². The number of hydrogen-bond donors (Lipinski definition) is 2. The minimum absolute atomic E-state index is 0.414. The van der Waals surface area contributed by atoms with Crippen LogP contribution in [-0.2, 0) is 6.54 Å². The van der Waals surface area contributed by atoms with E-state index in [0.29, 0.717) is 12.1 Å². The standard InChI is InChI=1S/C15H23N3O/c1-4-7-17-10-13-5-6-15(14(8-13)9-16)18(3)11-12(2)19/h5-6,8,12,17,19H,4,7,10-11H2,1-3H3. The fourth-order valence-electron chi connectivity index (χ4n) is 2.02. The van der Waals surface area contributed by atoms with Gasteiger partial charge in [-0.3, -0.25) is 0 Å². The molecule has 0 bridgehead atoms. The zero-order valence-corrected chi connectivity index (χ0v) is 12.0. The van der Waals surface area contributed by atoms with Crippen LogP contribution in [0.25, 0.3) is 0 Å². The SMILES string of the molecule is CCCNCc1ccc(N(C)CC(C)O)c(C#N)c1. The Balaban J connectivity index is 2.81. The van der Waals surface area contributed by atoms with E-state index in [2.05, 4.69) is 18.3 Å². The van der Waals surface area contributed by atoms with Gasteiger partial charge in [-0.2, -0.15) is 5.26 Å². The summed E-state index contributed by atoms with van der Waals surface area (Å²) in [6.45, 7) is 6.14. The van der Waals surface area contributed by atoms with Crippen molar-refractivity contribution in [2.45, 2.75) is 32.9 Å². The summed E-state index contributed by atoms with van der Waals surface area (Å²) >= 11 is 0. The minimum Gasteiger partial charge on any atom is -0.392 e. The maximum Gasteiger partial charge on any atom is 0.101 e. The fourth-order valence-corrected chi connectivity index (χ4v) is 2.02. The molecule has 4 nitrogen and oxygen atoms in total. The molecule has 0 fully saturated rings. The minimum atomic E-state index is -0.414. The van der Waals surface area contributed by atoms with Crippen molar-refractivity contribution in [1.29, 1.82) is 5.26 Å². The number of nitriles is 1. The fraction of sp³-hybridized carbons (Fsp3) is 0.533. The number of likely N-dealkylation sites (N-methyl/N-ethyl adjacent to an activating group) is 1. The molecule has 0 spiro atoms. The second-order valence-electron chi connectivity index (χ2n) is 4.87. The average molecular weight is 261 g/mol. The summed E-state index contributed by atoms with van der Waals surface area (Å²) < 4.78 is 0. The van der Waals surface area contributed by atoms with E-state index < -0.39 is 6.10 Å². The first-order valence-electron chi connectivity index (χ1n) is 6.71. The topological polar surface area (TPSA) is 59.3 Å². The molecule has 104 valence electrons. The Kier molecular flexibility index (Phi) is 6.34. The molecule has 0 aliphatic heterocycles. The van der Waals surface area contributed by atoms with Crippen LogP contribution in [0.5, 0.6) is 0 Å². The molecule has 0 amide bonds. The molecule has 0 saturated carbocycles. The summed E-state index contributed by atoms with van der Waals surface area (Å²) in [6.07, 6.45) is 0.683. The number of nitrogens with zero attached hydrogens (tertiary/aromatic N) is 2. The van der Waals surface area contributed by atoms with E-state index >= 15 is 0 Å². The quantitative estimate of drug-likeness (QED) is 0.736. The summed E-state index contributed by atoms with van der Waals surface area (Å²) in [5, 5.41) is 22.0. The Morgan fingerprint density at radius 3 is 2.79 bits per heavy atom. The molecule has 0 saturated heterocycles. The maximum atomic E-state index is 9.41. The number of rotatable bonds is 7. The van der Waals surface area contributed by atoms with Crippen molar-refractivity contribution >= 4 is 5.69 Å². The van der Waals surface area contributed by atoms with E-state index in [1.165, 1.54) is 0 Å². The van der Waals surface area contributed by atoms with Crippen molar-refractivity contribution in [2.75, 3.05) is 25.0 Å². The van der Waals surface area contributed by atoms with Crippen LogP contribution in [0.1, 0.15) is 31.4 Å². The molecule has 1 unspecified atom stereocenters. The van der Waals surface area contributed by atoms with Crippen molar-refractivity contribution in [3.05, 3.63) is 29.3 Å². The second kappa shape index (κ2) is 7.78. The summed E-state index contributed by atoms with van der Waals surface area (Å²) in [6, 6.07) is 8.12. The zero-order chi connectivity index (χ0) is 14.3.